The summed E-state index contributed by atoms with van der Waals surface area (Å²) in [5, 5.41) is 8.78. The molecule has 3 nitrogen and oxygen atoms in total. The lowest BCUT2D eigenvalue weighted by atomic mass is 10.1. The Morgan fingerprint density at radius 3 is 2.50 bits per heavy atom. The third-order valence-electron chi connectivity index (χ3n) is 3.36. The predicted octanol–water partition coefficient (Wildman–Crippen LogP) is 2.95. The smallest absolute Gasteiger partial charge is 0.0991 e. The van der Waals surface area contributed by atoms with Crippen LogP contribution in [0.3, 0.4) is 0 Å². The van der Waals surface area contributed by atoms with E-state index in [0.717, 1.165) is 44.5 Å². The second-order valence-electron chi connectivity index (χ2n) is 4.72. The summed E-state index contributed by atoms with van der Waals surface area (Å²) >= 11 is 0. The zero-order valence-corrected chi connectivity index (χ0v) is 10.9. The highest BCUT2D eigenvalue weighted by molar-refractivity contribution is 5.49. The van der Waals surface area contributed by atoms with E-state index >= 15 is 0 Å². The van der Waals surface area contributed by atoms with Crippen molar-refractivity contribution in [1.29, 1.82) is 5.26 Å². The summed E-state index contributed by atoms with van der Waals surface area (Å²) in [5.74, 6) is 0. The monoisotopic (exact) mass is 244 g/mol. The van der Waals surface area contributed by atoms with Crippen LogP contribution >= 0.6 is 0 Å². The number of ether oxygens (including phenoxy) is 1. The predicted molar refractivity (Wildman–Crippen MR) is 72.6 cm³/mol. The van der Waals surface area contributed by atoms with Crippen LogP contribution in [0.1, 0.15) is 31.7 Å². The van der Waals surface area contributed by atoms with E-state index in [1.165, 1.54) is 5.69 Å². The first-order chi connectivity index (χ1) is 8.83. The Kier molecular flexibility index (Phi) is 4.60. The van der Waals surface area contributed by atoms with Gasteiger partial charge in [0.15, 0.2) is 0 Å². The van der Waals surface area contributed by atoms with Gasteiger partial charge in [0.25, 0.3) is 0 Å². The van der Waals surface area contributed by atoms with Gasteiger partial charge in [0, 0.05) is 25.4 Å². The van der Waals surface area contributed by atoms with Gasteiger partial charge in [-0.05, 0) is 43.5 Å². The number of rotatable bonds is 4. The van der Waals surface area contributed by atoms with Crippen molar-refractivity contribution < 1.29 is 4.74 Å². The maximum absolute atomic E-state index is 8.78. The Balaban J connectivity index is 1.87. The Morgan fingerprint density at radius 1 is 1.28 bits per heavy atom. The Labute approximate surface area is 109 Å². The molecule has 2 rings (SSSR count). The SMILES string of the molecule is CCCOC1CCN(c2ccc(C#N)cc2)CC1. The average molecular weight is 244 g/mol. The first-order valence-electron chi connectivity index (χ1n) is 6.70. The lowest BCUT2D eigenvalue weighted by Gasteiger charge is -2.33. The molecule has 0 radical (unpaired) electrons. The third kappa shape index (κ3) is 3.24. The van der Waals surface area contributed by atoms with Crippen molar-refractivity contribution in [3.8, 4) is 6.07 Å². The molecule has 0 saturated carbocycles. The van der Waals surface area contributed by atoms with Gasteiger partial charge in [0.1, 0.15) is 0 Å². The fourth-order valence-electron chi connectivity index (χ4n) is 2.31. The summed E-state index contributed by atoms with van der Waals surface area (Å²) in [6.45, 7) is 5.11. The molecule has 1 aliphatic heterocycles. The Bertz CT molecular complexity index is 399. The number of anilines is 1. The summed E-state index contributed by atoms with van der Waals surface area (Å²) < 4.78 is 5.78. The molecule has 1 fully saturated rings. The third-order valence-corrected chi connectivity index (χ3v) is 3.36. The molecule has 1 aromatic rings. The van der Waals surface area contributed by atoms with Crippen LogP contribution in [0.2, 0.25) is 0 Å². The molecule has 1 heterocycles. The molecular formula is C15H20N2O. The number of benzene rings is 1. The highest BCUT2D eigenvalue weighted by atomic mass is 16.5. The highest BCUT2D eigenvalue weighted by Crippen LogP contribution is 2.21. The van der Waals surface area contributed by atoms with Crippen LogP contribution in [-0.2, 0) is 4.74 Å². The molecule has 96 valence electrons. The topological polar surface area (TPSA) is 36.3 Å². The number of hydrogen-bond acceptors (Lipinski definition) is 3. The van der Waals surface area contributed by atoms with Crippen LogP contribution in [0.4, 0.5) is 5.69 Å². The molecule has 0 amide bonds. The maximum atomic E-state index is 8.78. The van der Waals surface area contributed by atoms with Gasteiger partial charge in [0.05, 0.1) is 17.7 Å². The molecule has 0 aliphatic carbocycles. The molecular weight excluding hydrogens is 224 g/mol. The number of nitriles is 1. The van der Waals surface area contributed by atoms with E-state index < -0.39 is 0 Å². The van der Waals surface area contributed by atoms with E-state index in [9.17, 15) is 0 Å². The van der Waals surface area contributed by atoms with E-state index in [2.05, 4.69) is 17.9 Å². The average Bonchev–Trinajstić information content (AvgIpc) is 2.46. The van der Waals surface area contributed by atoms with Crippen LogP contribution in [0.25, 0.3) is 0 Å². The van der Waals surface area contributed by atoms with Gasteiger partial charge in [-0.2, -0.15) is 5.26 Å². The van der Waals surface area contributed by atoms with Gasteiger partial charge in [0.2, 0.25) is 0 Å². The molecule has 0 bridgehead atoms. The van der Waals surface area contributed by atoms with Gasteiger partial charge < -0.3 is 9.64 Å². The van der Waals surface area contributed by atoms with Crippen LogP contribution in [-0.4, -0.2) is 25.8 Å². The molecule has 1 aliphatic rings. The van der Waals surface area contributed by atoms with Gasteiger partial charge >= 0.3 is 0 Å². The Morgan fingerprint density at radius 2 is 1.94 bits per heavy atom. The van der Waals surface area contributed by atoms with E-state index in [4.69, 9.17) is 10.00 Å². The molecule has 0 atom stereocenters. The molecule has 0 aromatic heterocycles. The molecule has 1 saturated heterocycles. The van der Waals surface area contributed by atoms with Gasteiger partial charge in [-0.25, -0.2) is 0 Å². The molecule has 0 N–H and O–H groups in total. The number of hydrogen-bond donors (Lipinski definition) is 0. The molecule has 0 spiro atoms. The van der Waals surface area contributed by atoms with Crippen molar-refractivity contribution in [3.63, 3.8) is 0 Å². The summed E-state index contributed by atoms with van der Waals surface area (Å²) in [6.07, 6.45) is 3.72. The number of piperidine rings is 1. The maximum Gasteiger partial charge on any atom is 0.0991 e. The molecule has 1 aromatic carbocycles. The lowest BCUT2D eigenvalue weighted by molar-refractivity contribution is 0.0375. The van der Waals surface area contributed by atoms with E-state index in [-0.39, 0.29) is 0 Å². The van der Waals surface area contributed by atoms with Gasteiger partial charge in [-0.15, -0.1) is 0 Å². The van der Waals surface area contributed by atoms with Crippen molar-refractivity contribution in [2.75, 3.05) is 24.6 Å². The summed E-state index contributed by atoms with van der Waals surface area (Å²) in [6, 6.07) is 9.98. The molecule has 0 unspecified atom stereocenters. The fourth-order valence-corrected chi connectivity index (χ4v) is 2.31. The molecule has 18 heavy (non-hydrogen) atoms. The minimum absolute atomic E-state index is 0.430. The lowest BCUT2D eigenvalue weighted by Crippen LogP contribution is -2.37. The molecule has 3 heteroatoms. The van der Waals surface area contributed by atoms with E-state index in [0.29, 0.717) is 6.10 Å². The Hall–Kier alpha value is -1.53. The quantitative estimate of drug-likeness (QED) is 0.817. The van der Waals surface area contributed by atoms with Crippen LogP contribution in [0.15, 0.2) is 24.3 Å². The van der Waals surface area contributed by atoms with Crippen molar-refractivity contribution in [2.45, 2.75) is 32.3 Å². The minimum Gasteiger partial charge on any atom is -0.378 e. The number of nitrogens with zero attached hydrogens (tertiary/aromatic N) is 2. The zero-order valence-electron chi connectivity index (χ0n) is 10.9. The van der Waals surface area contributed by atoms with Gasteiger partial charge in [-0.1, -0.05) is 6.92 Å². The minimum atomic E-state index is 0.430. The largest absolute Gasteiger partial charge is 0.378 e. The van der Waals surface area contributed by atoms with E-state index in [1.807, 2.05) is 24.3 Å². The first kappa shape index (κ1) is 12.9. The van der Waals surface area contributed by atoms with Crippen LogP contribution in [0.5, 0.6) is 0 Å². The van der Waals surface area contributed by atoms with Crippen LogP contribution < -0.4 is 4.90 Å². The standard InChI is InChI=1S/C15H20N2O/c1-2-11-18-15-7-9-17(10-8-15)14-5-3-13(12-16)4-6-14/h3-6,15H,2,7-11H2,1H3. The van der Waals surface area contributed by atoms with Crippen LogP contribution in [0, 0.1) is 11.3 Å². The van der Waals surface area contributed by atoms with Crippen molar-refractivity contribution in [3.05, 3.63) is 29.8 Å². The van der Waals surface area contributed by atoms with Crippen molar-refractivity contribution in [2.24, 2.45) is 0 Å². The van der Waals surface area contributed by atoms with Crippen molar-refractivity contribution >= 4 is 5.69 Å². The highest BCUT2D eigenvalue weighted by Gasteiger charge is 2.19. The zero-order chi connectivity index (χ0) is 12.8. The van der Waals surface area contributed by atoms with E-state index in [1.54, 1.807) is 0 Å². The first-order valence-corrected chi connectivity index (χ1v) is 6.70. The summed E-state index contributed by atoms with van der Waals surface area (Å²) in [7, 11) is 0. The second-order valence-corrected chi connectivity index (χ2v) is 4.72. The fraction of sp³-hybridized carbons (Fsp3) is 0.533. The second kappa shape index (κ2) is 6.42. The van der Waals surface area contributed by atoms with Crippen molar-refractivity contribution in [1.82, 2.24) is 0 Å². The summed E-state index contributed by atoms with van der Waals surface area (Å²) in [4.78, 5) is 2.37. The normalized spacial score (nSPS) is 16.6. The summed E-state index contributed by atoms with van der Waals surface area (Å²) in [5.41, 5.74) is 1.93. The van der Waals surface area contributed by atoms with Gasteiger partial charge in [-0.3, -0.25) is 0 Å².